The van der Waals surface area contributed by atoms with Gasteiger partial charge in [0.05, 0.1) is 24.4 Å². The number of phenolic OH excluding ortho intramolecular Hbond substituents is 1. The van der Waals surface area contributed by atoms with E-state index in [0.717, 1.165) is 6.42 Å². The number of hydrogen-bond donors (Lipinski definition) is 9. The molecule has 64 heavy (non-hydrogen) atoms. The van der Waals surface area contributed by atoms with Crippen molar-refractivity contribution in [2.24, 2.45) is 29.1 Å². The maximum atomic E-state index is 12.9. The van der Waals surface area contributed by atoms with Gasteiger partial charge in [-0.1, -0.05) is 50.3 Å². The molecule has 3 saturated heterocycles. The Labute approximate surface area is 373 Å². The third-order valence-corrected chi connectivity index (χ3v) is 16.5. The Kier molecular flexibility index (Phi) is 12.4. The lowest BCUT2D eigenvalue weighted by Gasteiger charge is -2.68. The molecule has 3 aliphatic heterocycles. The van der Waals surface area contributed by atoms with Gasteiger partial charge in [-0.25, -0.2) is 4.79 Å². The quantitative estimate of drug-likeness (QED) is 0.0902. The van der Waals surface area contributed by atoms with E-state index >= 15 is 0 Å². The molecule has 2 aromatic rings. The molecule has 0 aromatic heterocycles. The predicted octanol–water partition coefficient (Wildman–Crippen LogP) is 2.97. The van der Waals surface area contributed by atoms with E-state index in [1.165, 1.54) is 13.2 Å². The standard InChI is InChI=1S/C32H49NO9.C14H12O3.H2O4S/c1-6-18(3)25(35)41-24-11-12-26(4)19-8-9-20-28(37)13-23(34)31(39)21(29(28,38)16-30(20,26)42-32(19,24)40)15-33-14-17(2)7-10-22(33)27(31,5)36;1-17-11-7-8-12(13(15)9-11)14(16)10-5-3-2-4-6-10;1-5(2,3)4/h6,17,19-24,34,36-40H,7-16H2,1-5H3;2-9,15H,1H3;(H2,1,2,3,4). The summed E-state index contributed by atoms with van der Waals surface area (Å²) in [6, 6.07) is 13.1. The van der Waals surface area contributed by atoms with Crippen molar-refractivity contribution in [3.05, 3.63) is 71.3 Å². The molecule has 18 heteroatoms. The van der Waals surface area contributed by atoms with Gasteiger partial charge in [0.15, 0.2) is 11.9 Å². The van der Waals surface area contributed by atoms with Gasteiger partial charge in [0.2, 0.25) is 5.79 Å². The van der Waals surface area contributed by atoms with E-state index in [-0.39, 0.29) is 42.5 Å². The molecule has 4 aliphatic carbocycles. The summed E-state index contributed by atoms with van der Waals surface area (Å²) in [6.45, 7) is 10.1. The van der Waals surface area contributed by atoms with Gasteiger partial charge in [0.25, 0.3) is 0 Å². The normalized spacial score (nSPS) is 43.1. The molecule has 7 fully saturated rings. The van der Waals surface area contributed by atoms with Crippen LogP contribution in [0.3, 0.4) is 0 Å². The van der Waals surface area contributed by atoms with Crippen molar-refractivity contribution in [1.82, 2.24) is 4.90 Å². The number of esters is 1. The van der Waals surface area contributed by atoms with Crippen LogP contribution in [0.25, 0.3) is 0 Å². The molecule has 2 aromatic carbocycles. The molecule has 0 radical (unpaired) electrons. The number of phenols is 1. The van der Waals surface area contributed by atoms with Gasteiger partial charge < -0.3 is 50.0 Å². The number of nitrogens with zero attached hydrogens (tertiary/aromatic N) is 1. The van der Waals surface area contributed by atoms with E-state index in [2.05, 4.69) is 11.8 Å². The van der Waals surface area contributed by atoms with E-state index in [1.54, 1.807) is 63.2 Å². The van der Waals surface area contributed by atoms with E-state index < -0.39 is 85.5 Å². The number of aliphatic hydroxyl groups is 6. The molecule has 14 unspecified atom stereocenters. The SMILES string of the molecule is CC=C(C)C(=O)OC1CCC2(C)C3CCC4C5(O)CC(O)C6(O)C(CN7CC(C)CCC7C6(C)O)C5(O)CC42OC13O.COc1ccc(C(=O)c2ccccc2)c(O)c1.O=S(=O)(O)O. The van der Waals surface area contributed by atoms with Crippen molar-refractivity contribution in [1.29, 1.82) is 0 Å². The van der Waals surface area contributed by atoms with Crippen LogP contribution in [0, 0.1) is 29.1 Å². The molecule has 3 heterocycles. The number of aromatic hydroxyl groups is 1. The average Bonchev–Trinajstić information content (AvgIpc) is 3.40. The zero-order chi connectivity index (χ0) is 47.2. The van der Waals surface area contributed by atoms with Crippen LogP contribution in [-0.2, 0) is 24.7 Å². The van der Waals surface area contributed by atoms with Gasteiger partial charge in [0, 0.05) is 72.3 Å². The largest absolute Gasteiger partial charge is 0.507 e. The van der Waals surface area contributed by atoms with Crippen LogP contribution in [0.2, 0.25) is 0 Å². The molecule has 4 saturated carbocycles. The number of ether oxygens (including phenoxy) is 3. The molecule has 1 spiro atoms. The number of ketones is 1. The highest BCUT2D eigenvalue weighted by atomic mass is 32.3. The van der Waals surface area contributed by atoms with Crippen molar-refractivity contribution in [2.45, 2.75) is 138 Å². The first-order valence-electron chi connectivity index (χ1n) is 21.9. The fourth-order valence-corrected chi connectivity index (χ4v) is 13.4. The smallest absolute Gasteiger partial charge is 0.394 e. The van der Waals surface area contributed by atoms with Crippen molar-refractivity contribution < 1.29 is 77.1 Å². The number of rotatable bonds is 5. The molecular weight excluding hydrogens is 855 g/mol. The van der Waals surface area contributed by atoms with Crippen LogP contribution in [0.1, 0.15) is 102 Å². The van der Waals surface area contributed by atoms with Crippen molar-refractivity contribution in [3.8, 4) is 11.5 Å². The molecule has 9 rings (SSSR count). The highest BCUT2D eigenvalue weighted by Crippen LogP contribution is 2.78. The van der Waals surface area contributed by atoms with Crippen molar-refractivity contribution >= 4 is 22.2 Å². The number of carbonyl (C=O) groups is 2. The number of allylic oxidation sites excluding steroid dienone is 1. The maximum absolute atomic E-state index is 12.9. The monoisotopic (exact) mass is 917 g/mol. The number of piperidine rings is 2. The number of carbonyl (C=O) groups excluding carboxylic acids is 2. The maximum Gasteiger partial charge on any atom is 0.394 e. The second kappa shape index (κ2) is 16.4. The van der Waals surface area contributed by atoms with E-state index in [0.29, 0.717) is 61.5 Å². The topological polar surface area (TPSA) is 281 Å². The third kappa shape index (κ3) is 7.23. The summed E-state index contributed by atoms with van der Waals surface area (Å²) in [4.78, 5) is 27.0. The van der Waals surface area contributed by atoms with Crippen molar-refractivity contribution in [3.63, 3.8) is 0 Å². The number of aliphatic hydroxyl groups excluding tert-OH is 1. The van der Waals surface area contributed by atoms with Crippen LogP contribution in [0.4, 0.5) is 0 Å². The number of fused-ring (bicyclic) bond motifs is 5. The predicted molar refractivity (Wildman–Crippen MR) is 228 cm³/mol. The zero-order valence-corrected chi connectivity index (χ0v) is 37.9. The fourth-order valence-electron chi connectivity index (χ4n) is 13.4. The zero-order valence-electron chi connectivity index (χ0n) is 37.0. The summed E-state index contributed by atoms with van der Waals surface area (Å²) in [5.74, 6) is -3.80. The Balaban J connectivity index is 0.000000230. The van der Waals surface area contributed by atoms with E-state index in [1.807, 2.05) is 13.0 Å². The number of methoxy groups -OCH3 is 1. The third-order valence-electron chi connectivity index (χ3n) is 16.5. The lowest BCUT2D eigenvalue weighted by atomic mass is 9.49. The molecular formula is C46H63NO16S. The summed E-state index contributed by atoms with van der Waals surface area (Å²) in [6.07, 6.45) is 2.30. The summed E-state index contributed by atoms with van der Waals surface area (Å²) < 4.78 is 49.2. The van der Waals surface area contributed by atoms with Gasteiger partial charge in [0.1, 0.15) is 33.9 Å². The summed E-state index contributed by atoms with van der Waals surface area (Å²) in [5, 5.41) is 83.7. The minimum atomic E-state index is -4.67. The van der Waals surface area contributed by atoms with Crippen LogP contribution in [0.5, 0.6) is 11.5 Å². The molecule has 4 bridgehead atoms. The highest BCUT2D eigenvalue weighted by molar-refractivity contribution is 7.79. The molecule has 17 nitrogen and oxygen atoms in total. The summed E-state index contributed by atoms with van der Waals surface area (Å²) in [5.41, 5.74) is -8.13. The lowest BCUT2D eigenvalue weighted by molar-refractivity contribution is -0.354. The minimum absolute atomic E-state index is 0.0606. The van der Waals surface area contributed by atoms with Crippen LogP contribution >= 0.6 is 0 Å². The molecule has 9 N–H and O–H groups in total. The first kappa shape index (κ1) is 48.4. The molecule has 14 atom stereocenters. The van der Waals surface area contributed by atoms with Gasteiger partial charge in [-0.2, -0.15) is 8.42 Å². The van der Waals surface area contributed by atoms with Crippen LogP contribution in [0.15, 0.2) is 60.2 Å². The van der Waals surface area contributed by atoms with Gasteiger partial charge in [-0.3, -0.25) is 18.8 Å². The molecule has 354 valence electrons. The minimum Gasteiger partial charge on any atom is -0.507 e. The van der Waals surface area contributed by atoms with Gasteiger partial charge >= 0.3 is 16.4 Å². The Bertz CT molecular complexity index is 2270. The summed E-state index contributed by atoms with van der Waals surface area (Å²) in [7, 11) is -3.16. The van der Waals surface area contributed by atoms with E-state index in [4.69, 9.17) is 31.7 Å². The molecule has 0 amide bonds. The van der Waals surface area contributed by atoms with Gasteiger partial charge in [-0.15, -0.1) is 0 Å². The number of benzene rings is 2. The lowest BCUT2D eigenvalue weighted by Crippen LogP contribution is -2.85. The second-order valence-corrected chi connectivity index (χ2v) is 20.6. The fraction of sp³-hybridized carbons (Fsp3) is 0.652. The van der Waals surface area contributed by atoms with Crippen LogP contribution in [-0.4, -0.2) is 142 Å². The Morgan fingerprint density at radius 2 is 1.53 bits per heavy atom. The highest BCUT2D eigenvalue weighted by Gasteiger charge is 2.88. The van der Waals surface area contributed by atoms with Crippen LogP contribution < -0.4 is 4.74 Å². The molecule has 7 aliphatic rings. The Morgan fingerprint density at radius 1 is 0.891 bits per heavy atom. The van der Waals surface area contributed by atoms with Crippen molar-refractivity contribution in [2.75, 3.05) is 20.2 Å². The van der Waals surface area contributed by atoms with Gasteiger partial charge in [-0.05, 0) is 77.3 Å². The Morgan fingerprint density at radius 3 is 2.14 bits per heavy atom. The first-order chi connectivity index (χ1) is 29.7. The number of hydrogen-bond acceptors (Lipinski definition) is 15. The first-order valence-corrected chi connectivity index (χ1v) is 23.3. The average molecular weight is 918 g/mol. The van der Waals surface area contributed by atoms with E-state index in [9.17, 15) is 45.3 Å². The Hall–Kier alpha value is -3.53. The summed E-state index contributed by atoms with van der Waals surface area (Å²) >= 11 is 0. The second-order valence-electron chi connectivity index (χ2n) is 19.7.